The standard InChI is InChI=1S/C27H27N3S2/c31-26(28-15-5-8-18-6-2-1-3-7-18)23-14-11-19-9-4-10-20-16-22(17-24(23)25(19)20)30-27(32)29-21-12-13-21/h1-11,14,21-22H,12-13,15-17H2,(H,28,31)(H2,29,30,32). The van der Waals surface area contributed by atoms with Gasteiger partial charge in [0.25, 0.3) is 0 Å². The van der Waals surface area contributed by atoms with Gasteiger partial charge >= 0.3 is 0 Å². The summed E-state index contributed by atoms with van der Waals surface area (Å²) in [5.74, 6) is 0. The molecule has 0 radical (unpaired) electrons. The summed E-state index contributed by atoms with van der Waals surface area (Å²) in [6.45, 7) is 0.698. The van der Waals surface area contributed by atoms with E-state index in [2.05, 4.69) is 70.6 Å². The molecule has 0 aliphatic heterocycles. The predicted octanol–water partition coefficient (Wildman–Crippen LogP) is 4.91. The van der Waals surface area contributed by atoms with E-state index in [4.69, 9.17) is 24.4 Å². The Morgan fingerprint density at radius 1 is 0.875 bits per heavy atom. The van der Waals surface area contributed by atoms with Crippen LogP contribution in [-0.2, 0) is 12.8 Å². The van der Waals surface area contributed by atoms with Crippen molar-refractivity contribution in [1.82, 2.24) is 16.0 Å². The van der Waals surface area contributed by atoms with Crippen molar-refractivity contribution < 1.29 is 0 Å². The second-order valence-corrected chi connectivity index (χ2v) is 9.44. The summed E-state index contributed by atoms with van der Waals surface area (Å²) in [7, 11) is 0. The monoisotopic (exact) mass is 457 g/mol. The van der Waals surface area contributed by atoms with Gasteiger partial charge in [-0.2, -0.15) is 0 Å². The smallest absolute Gasteiger partial charge is 0.166 e. The van der Waals surface area contributed by atoms with Gasteiger partial charge in [-0.3, -0.25) is 0 Å². The summed E-state index contributed by atoms with van der Waals surface area (Å²) >= 11 is 11.4. The first-order valence-electron chi connectivity index (χ1n) is 11.3. The fourth-order valence-corrected chi connectivity index (χ4v) is 5.07. The van der Waals surface area contributed by atoms with Gasteiger partial charge in [0.2, 0.25) is 0 Å². The summed E-state index contributed by atoms with van der Waals surface area (Å²) in [6, 6.07) is 22.1. The first kappa shape index (κ1) is 21.1. The van der Waals surface area contributed by atoms with Gasteiger partial charge in [-0.15, -0.1) is 0 Å². The Bertz CT molecular complexity index is 1180. The Morgan fingerprint density at radius 2 is 1.69 bits per heavy atom. The number of rotatable bonds is 6. The second kappa shape index (κ2) is 9.39. The summed E-state index contributed by atoms with van der Waals surface area (Å²) < 4.78 is 0. The molecule has 3 nitrogen and oxygen atoms in total. The molecule has 0 saturated heterocycles. The number of thiocarbonyl (C=S) groups is 2. The van der Waals surface area contributed by atoms with Crippen molar-refractivity contribution in [3.63, 3.8) is 0 Å². The quantitative estimate of drug-likeness (QED) is 0.459. The molecule has 3 aromatic rings. The van der Waals surface area contributed by atoms with Crippen LogP contribution in [0.1, 0.15) is 35.1 Å². The SMILES string of the molecule is S=C(NC1CC1)NC1Cc2cccc3ccc(C(=S)NCC=Cc4ccccc4)c(c23)C1. The van der Waals surface area contributed by atoms with Crippen molar-refractivity contribution in [2.45, 2.75) is 37.8 Å². The Labute approximate surface area is 200 Å². The highest BCUT2D eigenvalue weighted by Gasteiger charge is 2.26. The summed E-state index contributed by atoms with van der Waals surface area (Å²) in [6.07, 6.45) is 8.56. The number of nitrogens with one attached hydrogen (secondary N) is 3. The fraction of sp³-hybridized carbons (Fsp3) is 0.259. The molecule has 1 atom stereocenters. The summed E-state index contributed by atoms with van der Waals surface area (Å²) in [5.41, 5.74) is 5.00. The molecule has 1 fully saturated rings. The molecule has 2 aliphatic carbocycles. The van der Waals surface area contributed by atoms with E-state index in [1.54, 1.807) is 0 Å². The minimum atomic E-state index is 0.272. The first-order chi connectivity index (χ1) is 15.7. The highest BCUT2D eigenvalue weighted by molar-refractivity contribution is 7.80. The third-order valence-electron chi connectivity index (χ3n) is 6.14. The van der Waals surface area contributed by atoms with E-state index >= 15 is 0 Å². The Balaban J connectivity index is 1.33. The molecular weight excluding hydrogens is 430 g/mol. The molecule has 0 bridgehead atoms. The van der Waals surface area contributed by atoms with E-state index in [1.165, 1.54) is 40.3 Å². The van der Waals surface area contributed by atoms with Gasteiger partial charge in [0.05, 0.1) is 0 Å². The lowest BCUT2D eigenvalue weighted by Crippen LogP contribution is -2.45. The van der Waals surface area contributed by atoms with Crippen molar-refractivity contribution in [2.24, 2.45) is 0 Å². The molecule has 3 aromatic carbocycles. The lowest BCUT2D eigenvalue weighted by molar-refractivity contribution is 0.585. The molecule has 5 heteroatoms. The normalized spacial score (nSPS) is 17.3. The van der Waals surface area contributed by atoms with E-state index in [0.717, 1.165) is 28.5 Å². The van der Waals surface area contributed by atoms with Gasteiger partial charge in [-0.25, -0.2) is 0 Å². The van der Waals surface area contributed by atoms with Crippen molar-refractivity contribution in [1.29, 1.82) is 0 Å². The third-order valence-corrected chi connectivity index (χ3v) is 6.74. The van der Waals surface area contributed by atoms with Crippen LogP contribution in [0.25, 0.3) is 16.8 Å². The molecule has 5 rings (SSSR count). The Morgan fingerprint density at radius 3 is 2.50 bits per heavy atom. The lowest BCUT2D eigenvalue weighted by Gasteiger charge is -2.29. The van der Waals surface area contributed by atoms with E-state index in [-0.39, 0.29) is 6.04 Å². The van der Waals surface area contributed by atoms with Crippen LogP contribution in [-0.4, -0.2) is 28.7 Å². The van der Waals surface area contributed by atoms with E-state index in [1.807, 2.05) is 18.2 Å². The van der Waals surface area contributed by atoms with Crippen molar-refractivity contribution in [2.75, 3.05) is 6.54 Å². The van der Waals surface area contributed by atoms with Crippen LogP contribution in [0, 0.1) is 0 Å². The largest absolute Gasteiger partial charge is 0.372 e. The molecular formula is C27H27N3S2. The van der Waals surface area contributed by atoms with Crippen LogP contribution in [0.5, 0.6) is 0 Å². The van der Waals surface area contributed by atoms with E-state index in [0.29, 0.717) is 12.6 Å². The zero-order valence-corrected chi connectivity index (χ0v) is 19.6. The minimum Gasteiger partial charge on any atom is -0.372 e. The van der Waals surface area contributed by atoms with Crippen LogP contribution in [0.15, 0.2) is 66.7 Å². The lowest BCUT2D eigenvalue weighted by atomic mass is 9.83. The van der Waals surface area contributed by atoms with Crippen LogP contribution in [0.3, 0.4) is 0 Å². The maximum absolute atomic E-state index is 5.82. The summed E-state index contributed by atoms with van der Waals surface area (Å²) in [4.78, 5) is 0.800. The zero-order valence-electron chi connectivity index (χ0n) is 17.9. The topological polar surface area (TPSA) is 36.1 Å². The highest BCUT2D eigenvalue weighted by Crippen LogP contribution is 2.32. The van der Waals surface area contributed by atoms with E-state index in [9.17, 15) is 0 Å². The van der Waals surface area contributed by atoms with Gasteiger partial charge in [-0.05, 0) is 65.4 Å². The maximum atomic E-state index is 5.82. The van der Waals surface area contributed by atoms with Gasteiger partial charge in [0.15, 0.2) is 5.11 Å². The Kier molecular flexibility index (Phi) is 6.19. The predicted molar refractivity (Wildman–Crippen MR) is 142 cm³/mol. The number of benzene rings is 3. The van der Waals surface area contributed by atoms with Crippen molar-refractivity contribution in [3.8, 4) is 0 Å². The van der Waals surface area contributed by atoms with E-state index < -0.39 is 0 Å². The molecule has 0 amide bonds. The minimum absolute atomic E-state index is 0.272. The zero-order chi connectivity index (χ0) is 21.9. The summed E-state index contributed by atoms with van der Waals surface area (Å²) in [5, 5.41) is 13.8. The molecule has 0 aromatic heterocycles. The van der Waals surface area contributed by atoms with Gasteiger partial charge in [-0.1, -0.05) is 85.0 Å². The number of hydrogen-bond donors (Lipinski definition) is 3. The molecule has 32 heavy (non-hydrogen) atoms. The molecule has 3 N–H and O–H groups in total. The van der Waals surface area contributed by atoms with Crippen LogP contribution < -0.4 is 16.0 Å². The molecule has 0 spiro atoms. The average molecular weight is 458 g/mol. The van der Waals surface area contributed by atoms with Crippen LogP contribution >= 0.6 is 24.4 Å². The molecule has 2 aliphatic rings. The fourth-order valence-electron chi connectivity index (χ4n) is 4.46. The van der Waals surface area contributed by atoms with Crippen molar-refractivity contribution in [3.05, 3.63) is 89.0 Å². The second-order valence-electron chi connectivity index (χ2n) is 8.63. The van der Waals surface area contributed by atoms with Crippen LogP contribution in [0.2, 0.25) is 0 Å². The Hall–Kier alpha value is -2.76. The van der Waals surface area contributed by atoms with Gasteiger partial charge < -0.3 is 16.0 Å². The average Bonchev–Trinajstić information content (AvgIpc) is 3.61. The highest BCUT2D eigenvalue weighted by atomic mass is 32.1. The van der Waals surface area contributed by atoms with Crippen LogP contribution in [0.4, 0.5) is 0 Å². The van der Waals surface area contributed by atoms with Gasteiger partial charge in [0.1, 0.15) is 4.99 Å². The maximum Gasteiger partial charge on any atom is 0.166 e. The van der Waals surface area contributed by atoms with Crippen molar-refractivity contribution >= 4 is 51.4 Å². The molecule has 0 heterocycles. The molecule has 162 valence electrons. The molecule has 1 saturated carbocycles. The first-order valence-corrected chi connectivity index (χ1v) is 12.1. The third kappa shape index (κ3) is 4.84. The number of hydrogen-bond acceptors (Lipinski definition) is 2. The molecule has 1 unspecified atom stereocenters. The van der Waals surface area contributed by atoms with Gasteiger partial charge in [0, 0.05) is 24.2 Å².